The van der Waals surface area contributed by atoms with Crippen molar-refractivity contribution in [3.63, 3.8) is 0 Å². The molecule has 0 aliphatic heterocycles. The zero-order valence-electron chi connectivity index (χ0n) is 20.1. The van der Waals surface area contributed by atoms with Crippen LogP contribution in [-0.4, -0.2) is 60.7 Å². The lowest BCUT2D eigenvalue weighted by molar-refractivity contribution is -0.137. The van der Waals surface area contributed by atoms with E-state index in [1.54, 1.807) is 25.9 Å². The molecule has 7 nitrogen and oxygen atoms in total. The van der Waals surface area contributed by atoms with Gasteiger partial charge < -0.3 is 15.5 Å². The average Bonchev–Trinajstić information content (AvgIpc) is 2.71. The summed E-state index contributed by atoms with van der Waals surface area (Å²) in [4.78, 5) is 40.7. The number of nitrogens with one attached hydrogen (secondary N) is 2. The van der Waals surface area contributed by atoms with E-state index >= 15 is 0 Å². The summed E-state index contributed by atoms with van der Waals surface area (Å²) in [5.74, 6) is -0.702. The minimum absolute atomic E-state index is 0.0586. The predicted molar refractivity (Wildman–Crippen MR) is 129 cm³/mol. The van der Waals surface area contributed by atoms with Crippen molar-refractivity contribution in [2.75, 3.05) is 37.8 Å². The molecule has 0 heterocycles. The van der Waals surface area contributed by atoms with Crippen LogP contribution in [0, 0.1) is 27.7 Å². The van der Waals surface area contributed by atoms with Gasteiger partial charge in [0.25, 0.3) is 0 Å². The number of carbonyl (C=O) groups is 3. The highest BCUT2D eigenvalue weighted by Crippen LogP contribution is 2.21. The Kier molecular flexibility index (Phi) is 8.55. The first-order chi connectivity index (χ1) is 15.0. The third kappa shape index (κ3) is 6.92. The van der Waals surface area contributed by atoms with Crippen LogP contribution in [0.3, 0.4) is 0 Å². The Morgan fingerprint density at radius 2 is 1.34 bits per heavy atom. The van der Waals surface area contributed by atoms with Crippen molar-refractivity contribution in [3.8, 4) is 0 Å². The lowest BCUT2D eigenvalue weighted by Crippen LogP contribution is -2.48. The summed E-state index contributed by atoms with van der Waals surface area (Å²) in [6, 6.07) is 10.9. The number of nitrogens with zero attached hydrogens (tertiary/aromatic N) is 2. The van der Waals surface area contributed by atoms with E-state index in [1.165, 1.54) is 4.90 Å². The Morgan fingerprint density at radius 1 is 0.812 bits per heavy atom. The van der Waals surface area contributed by atoms with E-state index in [9.17, 15) is 14.4 Å². The highest BCUT2D eigenvalue weighted by molar-refractivity contribution is 5.96. The molecule has 0 aromatic heterocycles. The van der Waals surface area contributed by atoms with Gasteiger partial charge in [-0.15, -0.1) is 0 Å². The fraction of sp³-hybridized carbons (Fsp3) is 0.400. The van der Waals surface area contributed by atoms with Crippen molar-refractivity contribution in [2.45, 2.75) is 40.7 Å². The van der Waals surface area contributed by atoms with Crippen molar-refractivity contribution in [1.29, 1.82) is 0 Å². The Balaban J connectivity index is 1.89. The molecule has 32 heavy (non-hydrogen) atoms. The number of anilines is 2. The Bertz CT molecular complexity index is 962. The van der Waals surface area contributed by atoms with Gasteiger partial charge in [-0.3, -0.25) is 19.3 Å². The molecule has 0 unspecified atom stereocenters. The van der Waals surface area contributed by atoms with Gasteiger partial charge in [-0.2, -0.15) is 0 Å². The molecule has 0 aliphatic carbocycles. The molecule has 0 bridgehead atoms. The van der Waals surface area contributed by atoms with E-state index in [1.807, 2.05) is 64.1 Å². The summed E-state index contributed by atoms with van der Waals surface area (Å²) in [5, 5.41) is 5.74. The SMILES string of the molecule is Cc1ccc(NC(=O)CN(C)C(=O)[C@@H](C)N(C)CC(=O)Nc2c(C)cc(C)cc2C)cc1. The summed E-state index contributed by atoms with van der Waals surface area (Å²) < 4.78 is 0. The van der Waals surface area contributed by atoms with Crippen molar-refractivity contribution in [2.24, 2.45) is 0 Å². The first-order valence-electron chi connectivity index (χ1n) is 10.7. The maximum absolute atomic E-state index is 12.8. The molecule has 0 aliphatic rings. The minimum atomic E-state index is -0.557. The van der Waals surface area contributed by atoms with E-state index in [-0.39, 0.29) is 30.8 Å². The number of amides is 3. The monoisotopic (exact) mass is 438 g/mol. The van der Waals surface area contributed by atoms with Gasteiger partial charge in [0.1, 0.15) is 0 Å². The van der Waals surface area contributed by atoms with Crippen LogP contribution in [0.1, 0.15) is 29.2 Å². The number of hydrogen-bond donors (Lipinski definition) is 2. The maximum Gasteiger partial charge on any atom is 0.243 e. The molecule has 2 N–H and O–H groups in total. The largest absolute Gasteiger partial charge is 0.335 e. The quantitative estimate of drug-likeness (QED) is 0.663. The second kappa shape index (κ2) is 10.9. The van der Waals surface area contributed by atoms with E-state index < -0.39 is 6.04 Å². The van der Waals surface area contributed by atoms with Crippen molar-refractivity contribution >= 4 is 29.1 Å². The Labute approximate surface area is 190 Å². The van der Waals surface area contributed by atoms with E-state index in [0.29, 0.717) is 5.69 Å². The fourth-order valence-electron chi connectivity index (χ4n) is 3.56. The topological polar surface area (TPSA) is 81.8 Å². The second-order valence-corrected chi connectivity index (χ2v) is 8.52. The third-order valence-electron chi connectivity index (χ3n) is 5.45. The van der Waals surface area contributed by atoms with Gasteiger partial charge >= 0.3 is 0 Å². The molecule has 0 spiro atoms. The van der Waals surface area contributed by atoms with Gasteiger partial charge in [-0.05, 0) is 64.9 Å². The third-order valence-corrected chi connectivity index (χ3v) is 5.45. The molecule has 2 aromatic carbocycles. The smallest absolute Gasteiger partial charge is 0.243 e. The van der Waals surface area contributed by atoms with E-state index in [2.05, 4.69) is 10.6 Å². The molecule has 2 aromatic rings. The van der Waals surface area contributed by atoms with Crippen LogP contribution in [0.4, 0.5) is 11.4 Å². The van der Waals surface area contributed by atoms with Crippen LogP contribution < -0.4 is 10.6 Å². The minimum Gasteiger partial charge on any atom is -0.335 e. The van der Waals surface area contributed by atoms with Crippen molar-refractivity contribution in [1.82, 2.24) is 9.80 Å². The standard InChI is InChI=1S/C25H34N4O3/c1-16-8-10-21(11-9-16)26-22(30)15-29(7)25(32)20(5)28(6)14-23(31)27-24-18(3)12-17(2)13-19(24)4/h8-13,20H,14-15H2,1-7H3,(H,26,30)(H,27,31)/t20-/m1/s1. The molecular formula is C25H34N4O3. The van der Waals surface area contributed by atoms with Crippen LogP contribution in [0.25, 0.3) is 0 Å². The Hall–Kier alpha value is -3.19. The van der Waals surface area contributed by atoms with Gasteiger partial charge in [-0.25, -0.2) is 0 Å². The molecule has 0 saturated heterocycles. The molecule has 0 fully saturated rings. The lowest BCUT2D eigenvalue weighted by Gasteiger charge is -2.27. The highest BCUT2D eigenvalue weighted by atomic mass is 16.2. The van der Waals surface area contributed by atoms with E-state index in [0.717, 1.165) is 27.9 Å². The molecule has 0 saturated carbocycles. The van der Waals surface area contributed by atoms with Gasteiger partial charge in [0, 0.05) is 18.4 Å². The molecular weight excluding hydrogens is 404 g/mol. The summed E-state index contributed by atoms with van der Waals surface area (Å²) in [7, 11) is 3.30. The van der Waals surface area contributed by atoms with Crippen LogP contribution in [0.2, 0.25) is 0 Å². The molecule has 1 atom stereocenters. The number of aryl methyl sites for hydroxylation is 4. The first-order valence-corrected chi connectivity index (χ1v) is 10.7. The van der Waals surface area contributed by atoms with Crippen molar-refractivity contribution < 1.29 is 14.4 Å². The first kappa shape index (κ1) is 25.1. The van der Waals surface area contributed by atoms with Crippen LogP contribution >= 0.6 is 0 Å². The number of hydrogen-bond acceptors (Lipinski definition) is 4. The lowest BCUT2D eigenvalue weighted by atomic mass is 10.1. The summed E-state index contributed by atoms with van der Waals surface area (Å²) in [5.41, 5.74) is 5.74. The van der Waals surface area contributed by atoms with Crippen LogP contribution in [-0.2, 0) is 14.4 Å². The highest BCUT2D eigenvalue weighted by Gasteiger charge is 2.24. The summed E-state index contributed by atoms with van der Waals surface area (Å²) >= 11 is 0. The van der Waals surface area contributed by atoms with Gasteiger partial charge in [0.05, 0.1) is 19.1 Å². The second-order valence-electron chi connectivity index (χ2n) is 8.52. The average molecular weight is 439 g/mol. The summed E-state index contributed by atoms with van der Waals surface area (Å²) in [6.07, 6.45) is 0. The maximum atomic E-state index is 12.8. The molecule has 2 rings (SSSR count). The fourth-order valence-corrected chi connectivity index (χ4v) is 3.56. The molecule has 0 radical (unpaired) electrons. The molecule has 3 amide bonds. The van der Waals surface area contributed by atoms with Gasteiger partial charge in [0.15, 0.2) is 0 Å². The number of rotatable bonds is 8. The molecule has 7 heteroatoms. The van der Waals surface area contributed by atoms with Gasteiger partial charge in [0.2, 0.25) is 17.7 Å². The van der Waals surface area contributed by atoms with Crippen LogP contribution in [0.15, 0.2) is 36.4 Å². The summed E-state index contributed by atoms with van der Waals surface area (Å²) in [6.45, 7) is 9.63. The van der Waals surface area contributed by atoms with Gasteiger partial charge in [-0.1, -0.05) is 35.4 Å². The molecule has 172 valence electrons. The van der Waals surface area contributed by atoms with Crippen molar-refractivity contribution in [3.05, 3.63) is 58.7 Å². The van der Waals surface area contributed by atoms with Crippen LogP contribution in [0.5, 0.6) is 0 Å². The number of likely N-dealkylation sites (N-methyl/N-ethyl adjacent to an activating group) is 2. The predicted octanol–water partition coefficient (Wildman–Crippen LogP) is 3.28. The zero-order valence-corrected chi connectivity index (χ0v) is 20.1. The Morgan fingerprint density at radius 3 is 1.91 bits per heavy atom. The zero-order chi connectivity index (χ0) is 24.0. The normalized spacial score (nSPS) is 11.8. The number of carbonyl (C=O) groups excluding carboxylic acids is 3. The van der Waals surface area contributed by atoms with E-state index in [4.69, 9.17) is 0 Å². The number of benzene rings is 2.